The number of amides is 1. The van der Waals surface area contributed by atoms with Crippen LogP contribution in [0, 0.1) is 0 Å². The zero-order valence-electron chi connectivity index (χ0n) is 16.9. The van der Waals surface area contributed by atoms with Crippen LogP contribution in [0.4, 0.5) is 13.2 Å². The summed E-state index contributed by atoms with van der Waals surface area (Å²) in [6, 6.07) is 0. The Kier molecular flexibility index (Phi) is 6.87. The number of alkyl halides is 3. The third kappa shape index (κ3) is 5.77. The lowest BCUT2D eigenvalue weighted by molar-refractivity contribution is -0.192. The first-order valence-electron chi connectivity index (χ1n) is 9.73. The quantitative estimate of drug-likeness (QED) is 0.734. The number of aryl methyl sites for hydroxylation is 1. The van der Waals surface area contributed by atoms with Gasteiger partial charge in [-0.2, -0.15) is 13.2 Å². The highest BCUT2D eigenvalue weighted by atomic mass is 19.4. The number of hydrogen-bond donors (Lipinski definition) is 1. The predicted octanol–water partition coefficient (Wildman–Crippen LogP) is 0.682. The highest BCUT2D eigenvalue weighted by Crippen LogP contribution is 2.17. The first kappa shape index (κ1) is 22.7. The van der Waals surface area contributed by atoms with Crippen molar-refractivity contribution in [3.05, 3.63) is 23.8 Å². The molecular weight excluding hydrogens is 421 g/mol. The second-order valence-corrected chi connectivity index (χ2v) is 7.29. The van der Waals surface area contributed by atoms with Gasteiger partial charge >= 0.3 is 12.1 Å². The number of aromatic nitrogens is 6. The molecule has 0 atom stereocenters. The third-order valence-corrected chi connectivity index (χ3v) is 4.93. The molecule has 14 heteroatoms. The zero-order valence-corrected chi connectivity index (χ0v) is 16.9. The minimum atomic E-state index is -5.08. The second-order valence-electron chi connectivity index (χ2n) is 7.29. The molecule has 31 heavy (non-hydrogen) atoms. The number of hydrogen-bond acceptors (Lipinski definition) is 7. The molecule has 11 nitrogen and oxygen atoms in total. The van der Waals surface area contributed by atoms with Crippen molar-refractivity contribution in [1.29, 1.82) is 0 Å². The lowest BCUT2D eigenvalue weighted by Gasteiger charge is -2.17. The first-order valence-corrected chi connectivity index (χ1v) is 9.73. The van der Waals surface area contributed by atoms with Gasteiger partial charge in [-0.15, -0.1) is 15.3 Å². The molecule has 1 fully saturated rings. The van der Waals surface area contributed by atoms with Gasteiger partial charge in [0, 0.05) is 20.1 Å². The maximum absolute atomic E-state index is 12.6. The van der Waals surface area contributed by atoms with E-state index < -0.39 is 12.1 Å². The number of aliphatic carboxylic acids is 1. The Bertz CT molecular complexity index is 920. The van der Waals surface area contributed by atoms with E-state index in [0.29, 0.717) is 13.1 Å². The van der Waals surface area contributed by atoms with Crippen LogP contribution in [0.25, 0.3) is 0 Å². The lowest BCUT2D eigenvalue weighted by Crippen LogP contribution is -2.31. The van der Waals surface area contributed by atoms with E-state index in [0.717, 1.165) is 44.2 Å². The number of halogens is 3. The Hall–Kier alpha value is -3.03. The molecule has 2 aromatic heterocycles. The summed E-state index contributed by atoms with van der Waals surface area (Å²) in [4.78, 5) is 29.7. The van der Waals surface area contributed by atoms with E-state index in [1.807, 2.05) is 0 Å². The molecule has 1 saturated heterocycles. The van der Waals surface area contributed by atoms with Crippen LogP contribution >= 0.6 is 0 Å². The van der Waals surface area contributed by atoms with Crippen molar-refractivity contribution in [1.82, 2.24) is 39.3 Å². The van der Waals surface area contributed by atoms with E-state index in [4.69, 9.17) is 9.90 Å². The number of carbonyl (C=O) groups excluding carboxylic acids is 1. The largest absolute Gasteiger partial charge is 0.490 e. The normalized spacial score (nSPS) is 17.0. The number of nitrogens with zero attached hydrogens (tertiary/aromatic N) is 8. The van der Waals surface area contributed by atoms with Crippen molar-refractivity contribution >= 4 is 11.9 Å². The Morgan fingerprint density at radius 2 is 1.77 bits per heavy atom. The van der Waals surface area contributed by atoms with E-state index in [2.05, 4.69) is 29.7 Å². The molecule has 2 aliphatic heterocycles. The summed E-state index contributed by atoms with van der Waals surface area (Å²) < 4.78 is 35.5. The van der Waals surface area contributed by atoms with Crippen LogP contribution in [0.2, 0.25) is 0 Å². The minimum Gasteiger partial charge on any atom is -0.475 e. The van der Waals surface area contributed by atoms with E-state index in [-0.39, 0.29) is 11.7 Å². The van der Waals surface area contributed by atoms with E-state index in [9.17, 15) is 18.0 Å². The van der Waals surface area contributed by atoms with Gasteiger partial charge in [-0.25, -0.2) is 9.78 Å². The van der Waals surface area contributed by atoms with Gasteiger partial charge in [-0.3, -0.25) is 14.4 Å². The molecule has 2 aliphatic rings. The molecular formula is C17H23F3N8O3. The van der Waals surface area contributed by atoms with Crippen LogP contribution in [-0.2, 0) is 31.5 Å². The summed E-state index contributed by atoms with van der Waals surface area (Å²) in [7, 11) is 1.76. The number of carboxylic acid groups (broad SMARTS) is 1. The van der Waals surface area contributed by atoms with Gasteiger partial charge in [0.1, 0.15) is 12.2 Å². The van der Waals surface area contributed by atoms with Crippen molar-refractivity contribution in [3.63, 3.8) is 0 Å². The van der Waals surface area contributed by atoms with E-state index in [1.54, 1.807) is 23.0 Å². The molecule has 4 heterocycles. The van der Waals surface area contributed by atoms with Crippen molar-refractivity contribution < 1.29 is 27.9 Å². The second kappa shape index (κ2) is 9.41. The fourth-order valence-electron chi connectivity index (χ4n) is 3.43. The molecule has 0 aromatic carbocycles. The van der Waals surface area contributed by atoms with Gasteiger partial charge in [0.2, 0.25) is 5.82 Å². The van der Waals surface area contributed by atoms with Crippen LogP contribution in [-0.4, -0.2) is 82.1 Å². The van der Waals surface area contributed by atoms with Crippen LogP contribution < -0.4 is 0 Å². The van der Waals surface area contributed by atoms with Crippen LogP contribution in [0.15, 0.2) is 6.33 Å². The average Bonchev–Trinajstić information content (AvgIpc) is 3.41. The summed E-state index contributed by atoms with van der Waals surface area (Å²) in [5, 5.41) is 19.9. The molecule has 170 valence electrons. The highest BCUT2D eigenvalue weighted by Gasteiger charge is 2.38. The van der Waals surface area contributed by atoms with Gasteiger partial charge in [0.25, 0.3) is 5.91 Å². The predicted molar refractivity (Wildman–Crippen MR) is 98.6 cm³/mol. The summed E-state index contributed by atoms with van der Waals surface area (Å²) in [6.07, 6.45) is -0.126. The van der Waals surface area contributed by atoms with Crippen molar-refractivity contribution in [2.75, 3.05) is 19.6 Å². The van der Waals surface area contributed by atoms with E-state index >= 15 is 0 Å². The van der Waals surface area contributed by atoms with Gasteiger partial charge in [-0.05, 0) is 32.4 Å². The van der Waals surface area contributed by atoms with Crippen molar-refractivity contribution in [2.45, 2.75) is 45.1 Å². The average molecular weight is 444 g/mol. The Balaban J connectivity index is 0.000000339. The fraction of sp³-hybridized carbons (Fsp3) is 0.647. The molecule has 0 aliphatic carbocycles. The lowest BCUT2D eigenvalue weighted by atomic mass is 10.3. The van der Waals surface area contributed by atoms with Crippen molar-refractivity contribution in [2.24, 2.45) is 7.05 Å². The van der Waals surface area contributed by atoms with Crippen molar-refractivity contribution in [3.8, 4) is 0 Å². The Morgan fingerprint density at radius 3 is 2.35 bits per heavy atom. The van der Waals surface area contributed by atoms with Gasteiger partial charge in [0.15, 0.2) is 5.82 Å². The summed E-state index contributed by atoms with van der Waals surface area (Å²) in [5.74, 6) is -0.800. The summed E-state index contributed by atoms with van der Waals surface area (Å²) in [5.41, 5.74) is 0. The van der Waals surface area contributed by atoms with E-state index in [1.165, 1.54) is 12.8 Å². The van der Waals surface area contributed by atoms with Gasteiger partial charge in [0.05, 0.1) is 13.1 Å². The number of rotatable bonds is 3. The third-order valence-electron chi connectivity index (χ3n) is 4.93. The number of fused-ring (bicyclic) bond motifs is 1. The summed E-state index contributed by atoms with van der Waals surface area (Å²) in [6.45, 7) is 5.12. The highest BCUT2D eigenvalue weighted by molar-refractivity contribution is 5.90. The standard InChI is InChI=1S/C15H22N8O.C2HF3O2/c1-20-11-16-14(19-20)15(24)22-7-4-8-23-12(17-18-13(23)10-22)9-21-5-2-3-6-21;3-2(4,5)1(6)7/h11H,2-10H2,1H3;(H,6,7). The molecule has 2 aromatic rings. The van der Waals surface area contributed by atoms with Crippen LogP contribution in [0.5, 0.6) is 0 Å². The smallest absolute Gasteiger partial charge is 0.475 e. The Morgan fingerprint density at radius 1 is 1.10 bits per heavy atom. The maximum Gasteiger partial charge on any atom is 0.490 e. The monoisotopic (exact) mass is 444 g/mol. The maximum atomic E-state index is 12.6. The number of carboxylic acids is 1. The molecule has 0 radical (unpaired) electrons. The fourth-order valence-corrected chi connectivity index (χ4v) is 3.43. The van der Waals surface area contributed by atoms with Crippen LogP contribution in [0.1, 0.15) is 41.5 Å². The minimum absolute atomic E-state index is 0.145. The topological polar surface area (TPSA) is 122 Å². The molecule has 0 saturated carbocycles. The SMILES string of the molecule is Cn1cnc(C(=O)N2CCCn3c(CN4CCCC4)nnc3C2)n1.O=C(O)C(F)(F)F. The van der Waals surface area contributed by atoms with Gasteiger partial charge in [-0.1, -0.05) is 0 Å². The molecule has 1 N–H and O–H groups in total. The van der Waals surface area contributed by atoms with Crippen LogP contribution in [0.3, 0.4) is 0 Å². The molecule has 0 unspecified atom stereocenters. The zero-order chi connectivity index (χ0) is 22.6. The molecule has 0 spiro atoms. The number of carbonyl (C=O) groups is 2. The summed E-state index contributed by atoms with van der Waals surface area (Å²) >= 11 is 0. The first-order chi connectivity index (χ1) is 14.6. The molecule has 0 bridgehead atoms. The van der Waals surface area contributed by atoms with Gasteiger partial charge < -0.3 is 14.6 Å². The number of likely N-dealkylation sites (tertiary alicyclic amines) is 1. The molecule has 1 amide bonds. The molecule has 4 rings (SSSR count). The Labute approximate surface area is 175 Å².